The number of urea groups is 1. The SMILES string of the molecule is CC(C)CCC(C)NC(=O)Nc1cccc(NC(=O)OCC(C)C)c1. The Morgan fingerprint density at radius 3 is 2.20 bits per heavy atom. The number of amides is 3. The van der Waals surface area contributed by atoms with Gasteiger partial charge in [0, 0.05) is 17.4 Å². The second-order valence-electron chi connectivity index (χ2n) is 7.17. The largest absolute Gasteiger partial charge is 0.449 e. The standard InChI is InChI=1S/C19H31N3O3/c1-13(2)9-10-15(5)20-18(23)21-16-7-6-8-17(11-16)22-19(24)25-12-14(3)4/h6-8,11,13-15H,9-10,12H2,1-5H3,(H,22,24)(H2,20,21,23). The third-order valence-electron chi connectivity index (χ3n) is 3.47. The molecule has 0 saturated heterocycles. The normalized spacial score (nSPS) is 12.0. The minimum absolute atomic E-state index is 0.106. The molecule has 0 aliphatic rings. The van der Waals surface area contributed by atoms with Crippen LogP contribution in [0.1, 0.15) is 47.5 Å². The van der Waals surface area contributed by atoms with Gasteiger partial charge in [-0.1, -0.05) is 33.8 Å². The van der Waals surface area contributed by atoms with E-state index in [0.29, 0.717) is 23.9 Å². The topological polar surface area (TPSA) is 79.5 Å². The molecule has 0 radical (unpaired) electrons. The van der Waals surface area contributed by atoms with Crippen molar-refractivity contribution in [3.63, 3.8) is 0 Å². The van der Waals surface area contributed by atoms with Crippen molar-refractivity contribution in [2.45, 2.75) is 53.5 Å². The Bertz CT molecular complexity index is 559. The Morgan fingerprint density at radius 1 is 0.960 bits per heavy atom. The lowest BCUT2D eigenvalue weighted by Crippen LogP contribution is -2.36. The number of hydrogen-bond acceptors (Lipinski definition) is 3. The van der Waals surface area contributed by atoms with E-state index in [9.17, 15) is 9.59 Å². The minimum atomic E-state index is -0.502. The first kappa shape index (κ1) is 20.8. The van der Waals surface area contributed by atoms with Crippen molar-refractivity contribution in [1.82, 2.24) is 5.32 Å². The molecule has 1 aromatic rings. The fourth-order valence-corrected chi connectivity index (χ4v) is 2.12. The van der Waals surface area contributed by atoms with Crippen LogP contribution < -0.4 is 16.0 Å². The van der Waals surface area contributed by atoms with Gasteiger partial charge in [-0.2, -0.15) is 0 Å². The average Bonchev–Trinajstić information content (AvgIpc) is 2.51. The molecule has 6 heteroatoms. The highest BCUT2D eigenvalue weighted by Gasteiger charge is 2.09. The number of rotatable bonds is 8. The van der Waals surface area contributed by atoms with Gasteiger partial charge in [-0.15, -0.1) is 0 Å². The summed E-state index contributed by atoms with van der Waals surface area (Å²) in [6.07, 6.45) is 1.51. The van der Waals surface area contributed by atoms with Crippen LogP contribution in [-0.4, -0.2) is 24.8 Å². The Labute approximate surface area is 150 Å². The van der Waals surface area contributed by atoms with Crippen molar-refractivity contribution in [1.29, 1.82) is 0 Å². The molecule has 0 bridgehead atoms. The minimum Gasteiger partial charge on any atom is -0.449 e. The van der Waals surface area contributed by atoms with Gasteiger partial charge >= 0.3 is 12.1 Å². The number of carbonyl (C=O) groups excluding carboxylic acids is 2. The molecule has 0 aromatic heterocycles. The summed E-state index contributed by atoms with van der Waals surface area (Å²) >= 11 is 0. The van der Waals surface area contributed by atoms with Gasteiger partial charge in [0.1, 0.15) is 0 Å². The number of benzene rings is 1. The summed E-state index contributed by atoms with van der Waals surface area (Å²) in [5, 5.41) is 8.35. The van der Waals surface area contributed by atoms with E-state index in [-0.39, 0.29) is 18.0 Å². The van der Waals surface area contributed by atoms with Gasteiger partial charge in [0.15, 0.2) is 0 Å². The van der Waals surface area contributed by atoms with Crippen molar-refractivity contribution < 1.29 is 14.3 Å². The van der Waals surface area contributed by atoms with Crippen LogP contribution in [0.3, 0.4) is 0 Å². The fraction of sp³-hybridized carbons (Fsp3) is 0.579. The van der Waals surface area contributed by atoms with Crippen molar-refractivity contribution >= 4 is 23.5 Å². The van der Waals surface area contributed by atoms with Crippen LogP contribution in [0.2, 0.25) is 0 Å². The molecular formula is C19H31N3O3. The molecule has 0 aliphatic carbocycles. The molecule has 1 rings (SSSR count). The monoisotopic (exact) mass is 349 g/mol. The summed E-state index contributed by atoms with van der Waals surface area (Å²) in [6.45, 7) is 10.6. The van der Waals surface area contributed by atoms with Crippen molar-refractivity contribution in [3.05, 3.63) is 24.3 Å². The summed E-state index contributed by atoms with van der Waals surface area (Å²) in [5.41, 5.74) is 1.18. The molecule has 1 unspecified atom stereocenters. The van der Waals surface area contributed by atoms with E-state index in [1.807, 2.05) is 20.8 Å². The van der Waals surface area contributed by atoms with Gasteiger partial charge in [-0.05, 0) is 49.8 Å². The van der Waals surface area contributed by atoms with Gasteiger partial charge in [0.25, 0.3) is 0 Å². The van der Waals surface area contributed by atoms with Gasteiger partial charge in [0.05, 0.1) is 6.61 Å². The van der Waals surface area contributed by atoms with E-state index in [2.05, 4.69) is 29.8 Å². The molecule has 1 atom stereocenters. The van der Waals surface area contributed by atoms with Crippen LogP contribution in [0, 0.1) is 11.8 Å². The molecule has 1 aromatic carbocycles. The van der Waals surface area contributed by atoms with Gasteiger partial charge in [-0.3, -0.25) is 5.32 Å². The van der Waals surface area contributed by atoms with E-state index in [1.165, 1.54) is 0 Å². The summed E-state index contributed by atoms with van der Waals surface area (Å²) in [5.74, 6) is 0.894. The molecule has 0 aliphatic heterocycles. The Balaban J connectivity index is 2.48. The lowest BCUT2D eigenvalue weighted by atomic mass is 10.0. The third kappa shape index (κ3) is 9.59. The van der Waals surface area contributed by atoms with Gasteiger partial charge in [-0.25, -0.2) is 9.59 Å². The molecule has 0 saturated carbocycles. The molecule has 140 valence electrons. The maximum atomic E-state index is 12.0. The van der Waals surface area contributed by atoms with E-state index in [1.54, 1.807) is 24.3 Å². The quantitative estimate of drug-likeness (QED) is 0.628. The van der Waals surface area contributed by atoms with Crippen molar-refractivity contribution in [2.24, 2.45) is 11.8 Å². The second kappa shape index (κ2) is 10.6. The highest BCUT2D eigenvalue weighted by Crippen LogP contribution is 2.15. The number of ether oxygens (including phenoxy) is 1. The molecule has 0 fully saturated rings. The highest BCUT2D eigenvalue weighted by atomic mass is 16.5. The number of nitrogens with one attached hydrogen (secondary N) is 3. The van der Waals surface area contributed by atoms with Gasteiger partial charge in [0.2, 0.25) is 0 Å². The molecule has 3 N–H and O–H groups in total. The van der Waals surface area contributed by atoms with E-state index in [4.69, 9.17) is 4.74 Å². The van der Waals surface area contributed by atoms with Crippen LogP contribution >= 0.6 is 0 Å². The Kier molecular flexibility index (Phi) is 8.81. The smallest absolute Gasteiger partial charge is 0.411 e. The fourth-order valence-electron chi connectivity index (χ4n) is 2.12. The van der Waals surface area contributed by atoms with Crippen molar-refractivity contribution in [3.8, 4) is 0 Å². The van der Waals surface area contributed by atoms with Crippen LogP contribution in [0.5, 0.6) is 0 Å². The summed E-state index contributed by atoms with van der Waals surface area (Å²) in [6, 6.07) is 6.81. The zero-order valence-corrected chi connectivity index (χ0v) is 15.9. The molecular weight excluding hydrogens is 318 g/mol. The molecule has 0 heterocycles. The molecule has 6 nitrogen and oxygen atoms in total. The number of carbonyl (C=O) groups is 2. The van der Waals surface area contributed by atoms with E-state index in [0.717, 1.165) is 12.8 Å². The first-order valence-electron chi connectivity index (χ1n) is 8.87. The zero-order chi connectivity index (χ0) is 18.8. The average molecular weight is 349 g/mol. The zero-order valence-electron chi connectivity index (χ0n) is 15.9. The predicted octanol–water partition coefficient (Wildman–Crippen LogP) is 4.84. The van der Waals surface area contributed by atoms with Gasteiger partial charge < -0.3 is 15.4 Å². The maximum Gasteiger partial charge on any atom is 0.411 e. The van der Waals surface area contributed by atoms with Crippen molar-refractivity contribution in [2.75, 3.05) is 17.2 Å². The Morgan fingerprint density at radius 2 is 1.60 bits per heavy atom. The maximum absolute atomic E-state index is 12.0. The van der Waals surface area contributed by atoms with Crippen LogP contribution in [0.15, 0.2) is 24.3 Å². The van der Waals surface area contributed by atoms with E-state index >= 15 is 0 Å². The lowest BCUT2D eigenvalue weighted by molar-refractivity contribution is 0.147. The number of hydrogen-bond donors (Lipinski definition) is 3. The summed E-state index contributed by atoms with van der Waals surface area (Å²) in [7, 11) is 0. The Hall–Kier alpha value is -2.24. The lowest BCUT2D eigenvalue weighted by Gasteiger charge is -2.16. The number of anilines is 2. The van der Waals surface area contributed by atoms with Crippen LogP contribution in [0.4, 0.5) is 21.0 Å². The molecule has 25 heavy (non-hydrogen) atoms. The van der Waals surface area contributed by atoms with E-state index < -0.39 is 6.09 Å². The highest BCUT2D eigenvalue weighted by molar-refractivity contribution is 5.91. The van der Waals surface area contributed by atoms with Crippen LogP contribution in [-0.2, 0) is 4.74 Å². The molecule has 3 amide bonds. The first-order chi connectivity index (χ1) is 11.8. The third-order valence-corrected chi connectivity index (χ3v) is 3.47. The summed E-state index contributed by atoms with van der Waals surface area (Å²) in [4.78, 5) is 23.7. The summed E-state index contributed by atoms with van der Waals surface area (Å²) < 4.78 is 5.08. The predicted molar refractivity (Wildman–Crippen MR) is 102 cm³/mol. The second-order valence-corrected chi connectivity index (χ2v) is 7.17. The molecule has 0 spiro atoms. The first-order valence-corrected chi connectivity index (χ1v) is 8.87. The van der Waals surface area contributed by atoms with Crippen LogP contribution in [0.25, 0.3) is 0 Å².